The van der Waals surface area contributed by atoms with Crippen LogP contribution in [0.4, 0.5) is 21.7 Å². The maximum absolute atomic E-state index is 13.4. The molecule has 2 aromatic rings. The van der Waals surface area contributed by atoms with E-state index in [0.29, 0.717) is 33.7 Å². The Balaban J connectivity index is 2.46. The predicted octanol–water partition coefficient (Wildman–Crippen LogP) is 4.20. The van der Waals surface area contributed by atoms with E-state index in [4.69, 9.17) is 17.3 Å². The van der Waals surface area contributed by atoms with Gasteiger partial charge in [0.1, 0.15) is 23.3 Å². The number of hydrogen-bond acceptors (Lipinski definition) is 4. The molecule has 0 aliphatic rings. The molecule has 21 heavy (non-hydrogen) atoms. The Labute approximate surface area is 128 Å². The molecule has 0 atom stereocenters. The zero-order valence-electron chi connectivity index (χ0n) is 12.5. The lowest BCUT2D eigenvalue weighted by atomic mass is 9.95. The minimum Gasteiger partial charge on any atom is -0.383 e. The standard InChI is InChI=1S/C15H18ClFN4/c1-8-12(18)20-14(15(2,3)4)21-13(8)19-11-6-9(16)5-10(17)7-11/h5-7H,1-4H3,(H3,18,19,20,21). The molecule has 112 valence electrons. The van der Waals surface area contributed by atoms with E-state index in [1.807, 2.05) is 27.7 Å². The smallest absolute Gasteiger partial charge is 0.139 e. The highest BCUT2D eigenvalue weighted by Crippen LogP contribution is 2.28. The molecule has 0 fully saturated rings. The third-order valence-corrected chi connectivity index (χ3v) is 3.20. The molecule has 6 heteroatoms. The van der Waals surface area contributed by atoms with Gasteiger partial charge in [-0.05, 0) is 25.1 Å². The van der Waals surface area contributed by atoms with Crippen molar-refractivity contribution in [3.63, 3.8) is 0 Å². The van der Waals surface area contributed by atoms with Crippen molar-refractivity contribution in [3.8, 4) is 0 Å². The molecule has 0 bridgehead atoms. The number of benzene rings is 1. The molecule has 0 aliphatic carbocycles. The first kappa shape index (κ1) is 15.5. The highest BCUT2D eigenvalue weighted by Gasteiger charge is 2.20. The Hall–Kier alpha value is -1.88. The Bertz CT molecular complexity index is 660. The number of nitrogens with one attached hydrogen (secondary N) is 1. The average molecular weight is 309 g/mol. The molecule has 0 radical (unpaired) electrons. The summed E-state index contributed by atoms with van der Waals surface area (Å²) in [7, 11) is 0. The fraction of sp³-hybridized carbons (Fsp3) is 0.333. The van der Waals surface area contributed by atoms with Gasteiger partial charge >= 0.3 is 0 Å². The largest absolute Gasteiger partial charge is 0.383 e. The normalized spacial score (nSPS) is 11.5. The third kappa shape index (κ3) is 3.61. The van der Waals surface area contributed by atoms with E-state index in [9.17, 15) is 4.39 Å². The number of nitrogens with zero attached hydrogens (tertiary/aromatic N) is 2. The molecular formula is C15H18ClFN4. The number of hydrogen-bond donors (Lipinski definition) is 2. The monoisotopic (exact) mass is 308 g/mol. The fourth-order valence-electron chi connectivity index (χ4n) is 1.75. The van der Waals surface area contributed by atoms with Crippen molar-refractivity contribution in [1.82, 2.24) is 9.97 Å². The Morgan fingerprint density at radius 2 is 1.86 bits per heavy atom. The SMILES string of the molecule is Cc1c(N)nc(C(C)(C)C)nc1Nc1cc(F)cc(Cl)c1. The fourth-order valence-corrected chi connectivity index (χ4v) is 1.98. The molecule has 0 unspecified atom stereocenters. The van der Waals surface area contributed by atoms with Crippen LogP contribution in [-0.2, 0) is 5.41 Å². The molecule has 4 nitrogen and oxygen atoms in total. The number of nitrogen functional groups attached to an aromatic ring is 1. The van der Waals surface area contributed by atoms with E-state index in [1.165, 1.54) is 12.1 Å². The molecule has 1 aromatic carbocycles. The summed E-state index contributed by atoms with van der Waals surface area (Å²) in [5, 5.41) is 3.36. The van der Waals surface area contributed by atoms with Crippen LogP contribution in [0.2, 0.25) is 5.02 Å². The second kappa shape index (κ2) is 5.48. The molecule has 0 saturated carbocycles. The number of nitrogens with two attached hydrogens (primary N) is 1. The van der Waals surface area contributed by atoms with Crippen LogP contribution in [0.15, 0.2) is 18.2 Å². The van der Waals surface area contributed by atoms with E-state index in [1.54, 1.807) is 6.07 Å². The van der Waals surface area contributed by atoms with E-state index in [-0.39, 0.29) is 5.41 Å². The van der Waals surface area contributed by atoms with E-state index < -0.39 is 5.82 Å². The van der Waals surface area contributed by atoms with Crippen molar-refractivity contribution in [3.05, 3.63) is 40.4 Å². The van der Waals surface area contributed by atoms with Crippen LogP contribution in [-0.4, -0.2) is 9.97 Å². The molecule has 0 amide bonds. The summed E-state index contributed by atoms with van der Waals surface area (Å²) in [6.07, 6.45) is 0. The minimum atomic E-state index is -0.416. The summed E-state index contributed by atoms with van der Waals surface area (Å²) in [5.74, 6) is 1.16. The summed E-state index contributed by atoms with van der Waals surface area (Å²) >= 11 is 5.85. The van der Waals surface area contributed by atoms with Gasteiger partial charge in [-0.2, -0.15) is 0 Å². The van der Waals surface area contributed by atoms with Gasteiger partial charge in [-0.25, -0.2) is 14.4 Å². The van der Waals surface area contributed by atoms with Gasteiger partial charge in [0.25, 0.3) is 0 Å². The molecule has 3 N–H and O–H groups in total. The average Bonchev–Trinajstić information content (AvgIpc) is 2.32. The third-order valence-electron chi connectivity index (χ3n) is 2.98. The second-order valence-electron chi connectivity index (χ2n) is 5.94. The van der Waals surface area contributed by atoms with Crippen molar-refractivity contribution in [2.75, 3.05) is 11.1 Å². The number of halogens is 2. The van der Waals surface area contributed by atoms with Crippen molar-refractivity contribution < 1.29 is 4.39 Å². The van der Waals surface area contributed by atoms with Gasteiger partial charge in [-0.15, -0.1) is 0 Å². The van der Waals surface area contributed by atoms with Crippen LogP contribution in [0, 0.1) is 12.7 Å². The van der Waals surface area contributed by atoms with E-state index in [2.05, 4.69) is 15.3 Å². The van der Waals surface area contributed by atoms with Crippen molar-refractivity contribution in [2.45, 2.75) is 33.1 Å². The summed E-state index contributed by atoms with van der Waals surface area (Å²) in [5.41, 5.74) is 6.93. The van der Waals surface area contributed by atoms with Gasteiger partial charge in [-0.3, -0.25) is 0 Å². The lowest BCUT2D eigenvalue weighted by Gasteiger charge is -2.20. The second-order valence-corrected chi connectivity index (χ2v) is 6.38. The lowest BCUT2D eigenvalue weighted by Crippen LogP contribution is -2.18. The number of anilines is 3. The first-order valence-electron chi connectivity index (χ1n) is 6.54. The highest BCUT2D eigenvalue weighted by atomic mass is 35.5. The van der Waals surface area contributed by atoms with Crippen LogP contribution >= 0.6 is 11.6 Å². The molecule has 2 rings (SSSR count). The van der Waals surface area contributed by atoms with Gasteiger partial charge in [0, 0.05) is 21.7 Å². The topological polar surface area (TPSA) is 63.8 Å². The van der Waals surface area contributed by atoms with Crippen LogP contribution in [0.1, 0.15) is 32.2 Å². The molecule has 0 spiro atoms. The van der Waals surface area contributed by atoms with Crippen LogP contribution < -0.4 is 11.1 Å². The molecule has 1 heterocycles. The Morgan fingerprint density at radius 3 is 2.43 bits per heavy atom. The van der Waals surface area contributed by atoms with Gasteiger partial charge < -0.3 is 11.1 Å². The summed E-state index contributed by atoms with van der Waals surface area (Å²) in [6.45, 7) is 7.81. The van der Waals surface area contributed by atoms with E-state index >= 15 is 0 Å². The van der Waals surface area contributed by atoms with Crippen LogP contribution in [0.5, 0.6) is 0 Å². The van der Waals surface area contributed by atoms with E-state index in [0.717, 1.165) is 0 Å². The predicted molar refractivity (Wildman–Crippen MR) is 84.6 cm³/mol. The number of rotatable bonds is 2. The van der Waals surface area contributed by atoms with Gasteiger partial charge in [0.05, 0.1) is 0 Å². The molecule has 0 aliphatic heterocycles. The molecule has 0 saturated heterocycles. The lowest BCUT2D eigenvalue weighted by molar-refractivity contribution is 0.546. The first-order valence-corrected chi connectivity index (χ1v) is 6.92. The summed E-state index contributed by atoms with van der Waals surface area (Å²) < 4.78 is 13.4. The number of aromatic nitrogens is 2. The maximum atomic E-state index is 13.4. The van der Waals surface area contributed by atoms with Gasteiger partial charge in [-0.1, -0.05) is 32.4 Å². The molecule has 1 aromatic heterocycles. The van der Waals surface area contributed by atoms with Gasteiger partial charge in [0.15, 0.2) is 0 Å². The zero-order chi connectivity index (χ0) is 15.8. The van der Waals surface area contributed by atoms with Crippen molar-refractivity contribution >= 4 is 28.9 Å². The summed E-state index contributed by atoms with van der Waals surface area (Å²) in [4.78, 5) is 8.80. The van der Waals surface area contributed by atoms with Crippen molar-refractivity contribution in [1.29, 1.82) is 0 Å². The summed E-state index contributed by atoms with van der Waals surface area (Å²) in [6, 6.07) is 4.22. The minimum absolute atomic E-state index is 0.238. The zero-order valence-corrected chi connectivity index (χ0v) is 13.2. The van der Waals surface area contributed by atoms with Crippen molar-refractivity contribution in [2.24, 2.45) is 0 Å². The first-order chi connectivity index (χ1) is 9.66. The van der Waals surface area contributed by atoms with Crippen LogP contribution in [0.25, 0.3) is 0 Å². The Kier molecular flexibility index (Phi) is 4.05. The van der Waals surface area contributed by atoms with Crippen LogP contribution in [0.3, 0.4) is 0 Å². The highest BCUT2D eigenvalue weighted by molar-refractivity contribution is 6.30. The molecular weight excluding hydrogens is 291 g/mol. The Morgan fingerprint density at radius 1 is 1.19 bits per heavy atom. The maximum Gasteiger partial charge on any atom is 0.139 e. The van der Waals surface area contributed by atoms with Gasteiger partial charge in [0.2, 0.25) is 0 Å². The quantitative estimate of drug-likeness (QED) is 0.872.